The summed E-state index contributed by atoms with van der Waals surface area (Å²) in [6, 6.07) is 12.3. The maximum Gasteiger partial charge on any atom is 0.0378 e. The molecule has 0 unspecified atom stereocenters. The second-order valence-corrected chi connectivity index (χ2v) is 5.00. The van der Waals surface area contributed by atoms with E-state index in [-0.39, 0.29) is 0 Å². The third-order valence-corrected chi connectivity index (χ3v) is 3.59. The van der Waals surface area contributed by atoms with Crippen molar-refractivity contribution in [2.45, 2.75) is 40.5 Å². The summed E-state index contributed by atoms with van der Waals surface area (Å²) in [5.74, 6) is 0. The predicted molar refractivity (Wildman–Crippen MR) is 89.9 cm³/mol. The molecular formula is C18H26N2. The molecule has 0 radical (unpaired) electrons. The van der Waals surface area contributed by atoms with E-state index in [1.807, 2.05) is 32.0 Å². The van der Waals surface area contributed by atoms with Crippen molar-refractivity contribution in [1.82, 2.24) is 0 Å². The minimum atomic E-state index is 0.914. The van der Waals surface area contributed by atoms with Crippen LogP contribution in [0, 0.1) is 13.8 Å². The predicted octanol–water partition coefficient (Wildman–Crippen LogP) is 4.28. The van der Waals surface area contributed by atoms with Gasteiger partial charge in [0.25, 0.3) is 0 Å². The smallest absolute Gasteiger partial charge is 0.0378 e. The first-order chi connectivity index (χ1) is 9.51. The van der Waals surface area contributed by atoms with E-state index in [1.54, 1.807) is 0 Å². The van der Waals surface area contributed by atoms with Gasteiger partial charge >= 0.3 is 0 Å². The first-order valence-corrected chi connectivity index (χ1v) is 7.19. The molecule has 0 saturated heterocycles. The second-order valence-electron chi connectivity index (χ2n) is 5.00. The van der Waals surface area contributed by atoms with Gasteiger partial charge in [0.05, 0.1) is 0 Å². The van der Waals surface area contributed by atoms with Gasteiger partial charge in [0.1, 0.15) is 0 Å². The van der Waals surface area contributed by atoms with E-state index in [1.165, 1.54) is 11.1 Å². The van der Waals surface area contributed by atoms with E-state index < -0.39 is 0 Å². The summed E-state index contributed by atoms with van der Waals surface area (Å²) in [6.45, 7) is 8.29. The zero-order chi connectivity index (χ0) is 15.1. The SMILES string of the molecule is CCc1cccc(CC)c1N.Cc1cccc(C)c1N. The molecule has 2 nitrogen and oxygen atoms in total. The minimum absolute atomic E-state index is 0.914. The summed E-state index contributed by atoms with van der Waals surface area (Å²) in [6.07, 6.45) is 2.05. The van der Waals surface area contributed by atoms with Crippen LogP contribution in [0.1, 0.15) is 36.1 Å². The Morgan fingerprint density at radius 2 is 1.10 bits per heavy atom. The standard InChI is InChI=1S/C10H15N.C8H11N/c1-3-8-6-5-7-9(4-2)10(8)11;1-6-4-3-5-7(2)8(6)9/h5-7H,3-4,11H2,1-2H3;3-5H,9H2,1-2H3. The van der Waals surface area contributed by atoms with Crippen LogP contribution < -0.4 is 11.5 Å². The third kappa shape index (κ3) is 4.02. The van der Waals surface area contributed by atoms with E-state index in [9.17, 15) is 0 Å². The van der Waals surface area contributed by atoms with Gasteiger partial charge < -0.3 is 11.5 Å². The van der Waals surface area contributed by atoms with E-state index in [0.29, 0.717) is 0 Å². The van der Waals surface area contributed by atoms with E-state index in [0.717, 1.165) is 35.3 Å². The topological polar surface area (TPSA) is 52.0 Å². The van der Waals surface area contributed by atoms with Crippen LogP contribution in [0.3, 0.4) is 0 Å². The van der Waals surface area contributed by atoms with Gasteiger partial charge in [-0.1, -0.05) is 50.2 Å². The van der Waals surface area contributed by atoms with Crippen molar-refractivity contribution >= 4 is 11.4 Å². The van der Waals surface area contributed by atoms with Crippen molar-refractivity contribution in [3.63, 3.8) is 0 Å². The number of aryl methyl sites for hydroxylation is 4. The molecule has 2 aromatic carbocycles. The maximum absolute atomic E-state index is 5.90. The highest BCUT2D eigenvalue weighted by Crippen LogP contribution is 2.18. The Labute approximate surface area is 122 Å². The molecule has 0 heterocycles. The molecule has 0 atom stereocenters. The van der Waals surface area contributed by atoms with Crippen molar-refractivity contribution in [2.75, 3.05) is 11.5 Å². The number of nitrogen functional groups attached to an aromatic ring is 2. The maximum atomic E-state index is 5.90. The summed E-state index contributed by atoms with van der Waals surface area (Å²) in [4.78, 5) is 0. The second kappa shape index (κ2) is 7.59. The van der Waals surface area contributed by atoms with Gasteiger partial charge in [-0.2, -0.15) is 0 Å². The Morgan fingerprint density at radius 3 is 1.45 bits per heavy atom. The van der Waals surface area contributed by atoms with E-state index >= 15 is 0 Å². The molecule has 0 aliphatic rings. The molecule has 0 aliphatic carbocycles. The first-order valence-electron chi connectivity index (χ1n) is 7.19. The molecule has 20 heavy (non-hydrogen) atoms. The van der Waals surface area contributed by atoms with Crippen LogP contribution in [0.4, 0.5) is 11.4 Å². The van der Waals surface area contributed by atoms with Crippen LogP contribution in [0.5, 0.6) is 0 Å². The lowest BCUT2D eigenvalue weighted by Gasteiger charge is -2.06. The van der Waals surface area contributed by atoms with Crippen LogP contribution in [0.15, 0.2) is 36.4 Å². The molecule has 2 heteroatoms. The van der Waals surface area contributed by atoms with Crippen molar-refractivity contribution in [3.8, 4) is 0 Å². The number of rotatable bonds is 2. The Bertz CT molecular complexity index is 517. The molecule has 0 fully saturated rings. The zero-order valence-corrected chi connectivity index (χ0v) is 13.0. The largest absolute Gasteiger partial charge is 0.398 e. The monoisotopic (exact) mass is 270 g/mol. The lowest BCUT2D eigenvalue weighted by atomic mass is 10.0. The molecule has 0 aromatic heterocycles. The van der Waals surface area contributed by atoms with Crippen molar-refractivity contribution in [3.05, 3.63) is 58.7 Å². The number of nitrogens with two attached hydrogens (primary N) is 2. The Hall–Kier alpha value is -1.96. The van der Waals surface area contributed by atoms with E-state index in [4.69, 9.17) is 11.5 Å². The highest BCUT2D eigenvalue weighted by atomic mass is 14.6. The van der Waals surface area contributed by atoms with Crippen LogP contribution >= 0.6 is 0 Å². The average Bonchev–Trinajstić information content (AvgIpc) is 2.45. The molecule has 2 aromatic rings. The van der Waals surface area contributed by atoms with Crippen LogP contribution in [-0.2, 0) is 12.8 Å². The van der Waals surface area contributed by atoms with Gasteiger partial charge in [0.2, 0.25) is 0 Å². The molecule has 108 valence electrons. The fourth-order valence-corrected chi connectivity index (χ4v) is 2.11. The van der Waals surface area contributed by atoms with Crippen molar-refractivity contribution in [1.29, 1.82) is 0 Å². The van der Waals surface area contributed by atoms with Crippen molar-refractivity contribution in [2.24, 2.45) is 0 Å². The fourth-order valence-electron chi connectivity index (χ4n) is 2.11. The number of hydrogen-bond acceptors (Lipinski definition) is 2. The average molecular weight is 270 g/mol. The molecule has 4 N–H and O–H groups in total. The number of benzene rings is 2. The summed E-state index contributed by atoms with van der Waals surface area (Å²) < 4.78 is 0. The Balaban J connectivity index is 0.000000204. The third-order valence-electron chi connectivity index (χ3n) is 3.59. The molecule has 0 spiro atoms. The van der Waals surface area contributed by atoms with E-state index in [2.05, 4.69) is 32.0 Å². The van der Waals surface area contributed by atoms with Crippen molar-refractivity contribution < 1.29 is 0 Å². The molecule has 0 amide bonds. The molecule has 0 bridgehead atoms. The Morgan fingerprint density at radius 1 is 0.700 bits per heavy atom. The highest BCUT2D eigenvalue weighted by molar-refractivity contribution is 5.53. The van der Waals surface area contributed by atoms with Gasteiger partial charge in [-0.05, 0) is 48.9 Å². The van der Waals surface area contributed by atoms with Gasteiger partial charge in [-0.15, -0.1) is 0 Å². The zero-order valence-electron chi connectivity index (χ0n) is 13.0. The fraction of sp³-hybridized carbons (Fsp3) is 0.333. The minimum Gasteiger partial charge on any atom is -0.398 e. The molecule has 0 saturated carbocycles. The highest BCUT2D eigenvalue weighted by Gasteiger charge is 1.99. The number of hydrogen-bond donors (Lipinski definition) is 2. The van der Waals surface area contributed by atoms with Crippen LogP contribution in [-0.4, -0.2) is 0 Å². The van der Waals surface area contributed by atoms with Crippen LogP contribution in [0.2, 0.25) is 0 Å². The van der Waals surface area contributed by atoms with Gasteiger partial charge in [-0.3, -0.25) is 0 Å². The first kappa shape index (κ1) is 16.1. The number of anilines is 2. The van der Waals surface area contributed by atoms with Gasteiger partial charge in [0, 0.05) is 11.4 Å². The molecule has 2 rings (SSSR count). The normalized spacial score (nSPS) is 9.80. The molecular weight excluding hydrogens is 244 g/mol. The molecule has 0 aliphatic heterocycles. The van der Waals surface area contributed by atoms with Crippen LogP contribution in [0.25, 0.3) is 0 Å². The summed E-state index contributed by atoms with van der Waals surface area (Å²) in [7, 11) is 0. The van der Waals surface area contributed by atoms with Gasteiger partial charge in [0.15, 0.2) is 0 Å². The van der Waals surface area contributed by atoms with Gasteiger partial charge in [-0.25, -0.2) is 0 Å². The summed E-state index contributed by atoms with van der Waals surface area (Å²) >= 11 is 0. The lowest BCUT2D eigenvalue weighted by molar-refractivity contribution is 1.09. The lowest BCUT2D eigenvalue weighted by Crippen LogP contribution is -1.97. The quantitative estimate of drug-likeness (QED) is 0.800. The number of para-hydroxylation sites is 2. The Kier molecular flexibility index (Phi) is 6.10. The summed E-state index contributed by atoms with van der Waals surface area (Å²) in [5.41, 5.74) is 18.3. The summed E-state index contributed by atoms with van der Waals surface area (Å²) in [5, 5.41) is 0.